The molecule has 0 aromatic heterocycles. The molecule has 1 aromatic rings. The number of ether oxygens (including phenoxy) is 2. The second-order valence-electron chi connectivity index (χ2n) is 9.97. The molecule has 0 saturated carbocycles. The van der Waals surface area contributed by atoms with Crippen LogP contribution >= 0.6 is 0 Å². The molecule has 0 aliphatic carbocycles. The Morgan fingerprint density at radius 2 is 1.53 bits per heavy atom. The van der Waals surface area contributed by atoms with Crippen molar-refractivity contribution in [1.82, 2.24) is 15.5 Å². The first-order chi connectivity index (χ1) is 16.9. The second kappa shape index (κ2) is 15.1. The van der Waals surface area contributed by atoms with Crippen LogP contribution in [0.3, 0.4) is 0 Å². The van der Waals surface area contributed by atoms with Gasteiger partial charge in [0.25, 0.3) is 0 Å². The van der Waals surface area contributed by atoms with Crippen LogP contribution in [0.1, 0.15) is 82.5 Å². The van der Waals surface area contributed by atoms with Crippen LogP contribution in [0.15, 0.2) is 18.2 Å². The zero-order chi connectivity index (χ0) is 27.3. The summed E-state index contributed by atoms with van der Waals surface area (Å²) in [6.07, 6.45) is 4.09. The SMILES string of the molecule is CCCCCCCN(C(=O)CNC(=O)OC(C)(C)C)C(C(=O)NCC(=O)OC)c1cc(C)cc(C)c1. The molecule has 9 nitrogen and oxygen atoms in total. The first-order valence-electron chi connectivity index (χ1n) is 12.6. The van der Waals surface area contributed by atoms with E-state index in [-0.39, 0.29) is 13.1 Å². The third kappa shape index (κ3) is 11.6. The molecule has 0 bridgehead atoms. The van der Waals surface area contributed by atoms with Gasteiger partial charge in [-0.2, -0.15) is 0 Å². The number of aryl methyl sites for hydroxylation is 2. The number of carbonyl (C=O) groups excluding carboxylic acids is 4. The third-order valence-electron chi connectivity index (χ3n) is 5.36. The molecule has 0 saturated heterocycles. The molecule has 0 heterocycles. The van der Waals surface area contributed by atoms with Crippen LogP contribution in [-0.4, -0.2) is 61.1 Å². The fourth-order valence-electron chi connectivity index (χ4n) is 3.82. The summed E-state index contributed by atoms with van der Waals surface area (Å²) in [6, 6.07) is 4.71. The summed E-state index contributed by atoms with van der Waals surface area (Å²) < 4.78 is 9.89. The molecular weight excluding hydrogens is 462 g/mol. The predicted molar refractivity (Wildman–Crippen MR) is 138 cm³/mol. The predicted octanol–water partition coefficient (Wildman–Crippen LogP) is 3.96. The summed E-state index contributed by atoms with van der Waals surface area (Å²) in [6.45, 7) is 10.8. The molecule has 1 aromatic carbocycles. The minimum Gasteiger partial charge on any atom is -0.468 e. The average Bonchev–Trinajstić information content (AvgIpc) is 2.78. The number of hydrogen-bond donors (Lipinski definition) is 2. The van der Waals surface area contributed by atoms with E-state index in [1.54, 1.807) is 20.8 Å². The van der Waals surface area contributed by atoms with Gasteiger partial charge in [-0.3, -0.25) is 14.4 Å². The van der Waals surface area contributed by atoms with E-state index in [9.17, 15) is 19.2 Å². The Kier molecular flexibility index (Phi) is 13.0. The molecule has 9 heteroatoms. The molecule has 0 spiro atoms. The first kappa shape index (κ1) is 30.9. The van der Waals surface area contributed by atoms with E-state index in [2.05, 4.69) is 22.3 Å². The van der Waals surface area contributed by atoms with Gasteiger partial charge in [0.05, 0.1) is 7.11 Å². The highest BCUT2D eigenvalue weighted by Crippen LogP contribution is 2.25. The summed E-state index contributed by atoms with van der Waals surface area (Å²) in [4.78, 5) is 52.1. The van der Waals surface area contributed by atoms with Gasteiger partial charge in [0.1, 0.15) is 24.7 Å². The molecule has 0 aliphatic heterocycles. The van der Waals surface area contributed by atoms with Crippen molar-refractivity contribution in [3.63, 3.8) is 0 Å². The highest BCUT2D eigenvalue weighted by Gasteiger charge is 2.32. The zero-order valence-electron chi connectivity index (χ0n) is 22.9. The van der Waals surface area contributed by atoms with Crippen LogP contribution < -0.4 is 10.6 Å². The van der Waals surface area contributed by atoms with Gasteiger partial charge in [-0.05, 0) is 46.6 Å². The largest absolute Gasteiger partial charge is 0.468 e. The van der Waals surface area contributed by atoms with Crippen LogP contribution in [0.25, 0.3) is 0 Å². The number of esters is 1. The molecule has 1 atom stereocenters. The number of nitrogens with one attached hydrogen (secondary N) is 2. The Morgan fingerprint density at radius 3 is 2.08 bits per heavy atom. The van der Waals surface area contributed by atoms with Gasteiger partial charge in [-0.1, -0.05) is 61.9 Å². The van der Waals surface area contributed by atoms with Crippen LogP contribution in [0.4, 0.5) is 4.79 Å². The van der Waals surface area contributed by atoms with Gasteiger partial charge in [0.2, 0.25) is 11.8 Å². The third-order valence-corrected chi connectivity index (χ3v) is 5.36. The number of unbranched alkanes of at least 4 members (excludes halogenated alkanes) is 4. The molecule has 2 N–H and O–H groups in total. The Balaban J connectivity index is 3.25. The van der Waals surface area contributed by atoms with Gasteiger partial charge in [0, 0.05) is 6.54 Å². The number of alkyl carbamates (subject to hydrolysis) is 1. The van der Waals surface area contributed by atoms with Gasteiger partial charge in [0.15, 0.2) is 0 Å². The summed E-state index contributed by atoms with van der Waals surface area (Å²) in [5, 5.41) is 5.09. The lowest BCUT2D eigenvalue weighted by Crippen LogP contribution is -2.48. The van der Waals surface area contributed by atoms with E-state index >= 15 is 0 Å². The Hall–Kier alpha value is -3.10. The van der Waals surface area contributed by atoms with E-state index in [0.29, 0.717) is 18.5 Å². The number of nitrogens with zero attached hydrogens (tertiary/aromatic N) is 1. The number of rotatable bonds is 13. The number of carbonyl (C=O) groups is 4. The molecule has 1 unspecified atom stereocenters. The van der Waals surface area contributed by atoms with Crippen molar-refractivity contribution in [2.75, 3.05) is 26.7 Å². The summed E-state index contributed by atoms with van der Waals surface area (Å²) in [5.41, 5.74) is 1.81. The number of hydrogen-bond acceptors (Lipinski definition) is 6. The number of methoxy groups -OCH3 is 1. The molecule has 202 valence electrons. The monoisotopic (exact) mass is 505 g/mol. The van der Waals surface area contributed by atoms with Gasteiger partial charge >= 0.3 is 12.1 Å². The van der Waals surface area contributed by atoms with Crippen LogP contribution in [-0.2, 0) is 23.9 Å². The summed E-state index contributed by atoms with van der Waals surface area (Å²) in [7, 11) is 1.24. The topological polar surface area (TPSA) is 114 Å². The highest BCUT2D eigenvalue weighted by atomic mass is 16.6. The lowest BCUT2D eigenvalue weighted by molar-refractivity contribution is -0.143. The minimum absolute atomic E-state index is 0.314. The van der Waals surface area contributed by atoms with E-state index in [1.165, 1.54) is 12.0 Å². The van der Waals surface area contributed by atoms with Crippen molar-refractivity contribution >= 4 is 23.9 Å². The quantitative estimate of drug-likeness (QED) is 0.310. The smallest absolute Gasteiger partial charge is 0.408 e. The Labute approximate surface area is 215 Å². The highest BCUT2D eigenvalue weighted by molar-refractivity contribution is 5.92. The van der Waals surface area contributed by atoms with Gasteiger partial charge in [-0.25, -0.2) is 4.79 Å². The summed E-state index contributed by atoms with van der Waals surface area (Å²) in [5.74, 6) is -1.51. The van der Waals surface area contributed by atoms with E-state index < -0.39 is 35.5 Å². The van der Waals surface area contributed by atoms with Crippen molar-refractivity contribution in [2.24, 2.45) is 0 Å². The van der Waals surface area contributed by atoms with Crippen LogP contribution in [0.2, 0.25) is 0 Å². The lowest BCUT2D eigenvalue weighted by atomic mass is 9.98. The molecule has 1 rings (SSSR count). The first-order valence-corrected chi connectivity index (χ1v) is 12.6. The van der Waals surface area contributed by atoms with Crippen molar-refractivity contribution in [1.29, 1.82) is 0 Å². The molecule has 0 radical (unpaired) electrons. The maximum absolute atomic E-state index is 13.4. The summed E-state index contributed by atoms with van der Waals surface area (Å²) >= 11 is 0. The van der Waals surface area contributed by atoms with E-state index in [4.69, 9.17) is 4.74 Å². The minimum atomic E-state index is -0.979. The molecule has 36 heavy (non-hydrogen) atoms. The zero-order valence-corrected chi connectivity index (χ0v) is 22.9. The fourth-order valence-corrected chi connectivity index (χ4v) is 3.82. The maximum Gasteiger partial charge on any atom is 0.408 e. The number of benzene rings is 1. The fraction of sp³-hybridized carbons (Fsp3) is 0.630. The van der Waals surface area contributed by atoms with Crippen LogP contribution in [0, 0.1) is 13.8 Å². The van der Waals surface area contributed by atoms with Crippen molar-refractivity contribution in [3.8, 4) is 0 Å². The average molecular weight is 506 g/mol. The normalized spacial score (nSPS) is 11.9. The van der Waals surface area contributed by atoms with E-state index in [1.807, 2.05) is 32.0 Å². The Morgan fingerprint density at radius 1 is 0.917 bits per heavy atom. The van der Waals surface area contributed by atoms with Gasteiger partial charge < -0.3 is 25.0 Å². The van der Waals surface area contributed by atoms with Crippen molar-refractivity contribution in [3.05, 3.63) is 34.9 Å². The van der Waals surface area contributed by atoms with Crippen molar-refractivity contribution < 1.29 is 28.7 Å². The second-order valence-corrected chi connectivity index (χ2v) is 9.97. The molecule has 0 aliphatic rings. The standard InChI is InChI=1S/C27H43N3O6/c1-8-9-10-11-12-13-30(22(31)17-29-26(34)36-27(4,5)6)24(25(33)28-18-23(32)35-7)21-15-19(2)14-20(3)16-21/h14-16,24H,8-13,17-18H2,1-7H3,(H,28,33)(H,29,34). The van der Waals surface area contributed by atoms with Crippen LogP contribution in [0.5, 0.6) is 0 Å². The van der Waals surface area contributed by atoms with E-state index in [0.717, 1.165) is 36.8 Å². The number of amides is 3. The van der Waals surface area contributed by atoms with Crippen molar-refractivity contribution in [2.45, 2.75) is 85.3 Å². The Bertz CT molecular complexity index is 874. The van der Waals surface area contributed by atoms with Gasteiger partial charge in [-0.15, -0.1) is 0 Å². The molecule has 0 fully saturated rings. The lowest BCUT2D eigenvalue weighted by Gasteiger charge is -2.32. The molecule has 3 amide bonds. The maximum atomic E-state index is 13.4. The molecular formula is C27H43N3O6.